The fraction of sp³-hybridized carbons (Fsp3) is 0.286. The van der Waals surface area contributed by atoms with E-state index in [9.17, 15) is 13.6 Å². The second kappa shape index (κ2) is 7.50. The standard InChI is InChI=1S/C21H19F2N3O2/c1-2-13-3-5-15(6-4-13)20-24-21(28-25-20)18-7-8-19(27)26(18)12-14-9-16(22)11-17(23)10-14/h3-6,9-11,18H,2,7-8,12H2,1H3. The molecule has 144 valence electrons. The number of halogens is 2. The van der Waals surface area contributed by atoms with Crippen LogP contribution >= 0.6 is 0 Å². The summed E-state index contributed by atoms with van der Waals surface area (Å²) in [4.78, 5) is 18.3. The summed E-state index contributed by atoms with van der Waals surface area (Å²) in [5.74, 6) is -0.671. The number of benzene rings is 2. The molecular formula is C21H19F2N3O2. The van der Waals surface area contributed by atoms with Gasteiger partial charge in [0.1, 0.15) is 17.7 Å². The van der Waals surface area contributed by atoms with E-state index < -0.39 is 17.7 Å². The van der Waals surface area contributed by atoms with E-state index in [1.165, 1.54) is 22.6 Å². The molecule has 1 atom stereocenters. The van der Waals surface area contributed by atoms with Crippen LogP contribution in [0, 0.1) is 11.6 Å². The molecule has 1 unspecified atom stereocenters. The molecule has 2 aromatic carbocycles. The number of aryl methyl sites for hydroxylation is 1. The predicted molar refractivity (Wildman–Crippen MR) is 98.0 cm³/mol. The van der Waals surface area contributed by atoms with Crippen LogP contribution in [0.25, 0.3) is 11.4 Å². The van der Waals surface area contributed by atoms with Crippen molar-refractivity contribution in [1.82, 2.24) is 15.0 Å². The third kappa shape index (κ3) is 3.65. The first-order valence-corrected chi connectivity index (χ1v) is 9.21. The predicted octanol–water partition coefficient (Wildman–Crippen LogP) is 4.44. The van der Waals surface area contributed by atoms with Gasteiger partial charge in [-0.05, 0) is 36.1 Å². The van der Waals surface area contributed by atoms with E-state index in [1.807, 2.05) is 24.3 Å². The van der Waals surface area contributed by atoms with Crippen LogP contribution in [-0.2, 0) is 17.8 Å². The summed E-state index contributed by atoms with van der Waals surface area (Å²) < 4.78 is 32.4. The van der Waals surface area contributed by atoms with Crippen molar-refractivity contribution in [2.45, 2.75) is 38.8 Å². The summed E-state index contributed by atoms with van der Waals surface area (Å²) in [5, 5.41) is 4.04. The number of aromatic nitrogens is 2. The molecule has 0 saturated carbocycles. The number of nitrogens with zero attached hydrogens (tertiary/aromatic N) is 3. The average molecular weight is 383 g/mol. The molecule has 0 spiro atoms. The minimum Gasteiger partial charge on any atom is -0.337 e. The van der Waals surface area contributed by atoms with Gasteiger partial charge in [0, 0.05) is 24.6 Å². The van der Waals surface area contributed by atoms with Gasteiger partial charge in [0.05, 0.1) is 0 Å². The Kier molecular flexibility index (Phi) is 4.90. The zero-order valence-electron chi connectivity index (χ0n) is 15.4. The Labute approximate surface area is 161 Å². The van der Waals surface area contributed by atoms with Crippen LogP contribution in [0.2, 0.25) is 0 Å². The molecule has 1 aliphatic heterocycles. The normalized spacial score (nSPS) is 16.8. The maximum Gasteiger partial charge on any atom is 0.249 e. The largest absolute Gasteiger partial charge is 0.337 e. The quantitative estimate of drug-likeness (QED) is 0.654. The Balaban J connectivity index is 1.57. The number of carbonyl (C=O) groups is 1. The average Bonchev–Trinajstić information content (AvgIpc) is 3.29. The minimum absolute atomic E-state index is 0.0844. The van der Waals surface area contributed by atoms with E-state index >= 15 is 0 Å². The van der Waals surface area contributed by atoms with Gasteiger partial charge < -0.3 is 9.42 Å². The van der Waals surface area contributed by atoms with Gasteiger partial charge in [0.15, 0.2) is 0 Å². The topological polar surface area (TPSA) is 59.2 Å². The van der Waals surface area contributed by atoms with Crippen LogP contribution < -0.4 is 0 Å². The lowest BCUT2D eigenvalue weighted by molar-refractivity contribution is -0.130. The van der Waals surface area contributed by atoms with Gasteiger partial charge in [0.25, 0.3) is 0 Å². The number of hydrogen-bond donors (Lipinski definition) is 0. The lowest BCUT2D eigenvalue weighted by Crippen LogP contribution is -2.27. The summed E-state index contributed by atoms with van der Waals surface area (Å²) >= 11 is 0. The van der Waals surface area contributed by atoms with Crippen molar-refractivity contribution in [2.24, 2.45) is 0 Å². The van der Waals surface area contributed by atoms with Crippen molar-refractivity contribution in [3.63, 3.8) is 0 Å². The highest BCUT2D eigenvalue weighted by atomic mass is 19.1. The molecule has 1 fully saturated rings. The number of amides is 1. The molecule has 5 nitrogen and oxygen atoms in total. The summed E-state index contributed by atoms with van der Waals surface area (Å²) in [5.41, 5.74) is 2.42. The zero-order chi connectivity index (χ0) is 19.7. The Morgan fingerprint density at radius 2 is 1.82 bits per heavy atom. The minimum atomic E-state index is -0.672. The van der Waals surface area contributed by atoms with Gasteiger partial charge >= 0.3 is 0 Å². The molecule has 1 aromatic heterocycles. The van der Waals surface area contributed by atoms with Gasteiger partial charge in [-0.2, -0.15) is 4.98 Å². The van der Waals surface area contributed by atoms with Gasteiger partial charge in [-0.1, -0.05) is 36.3 Å². The lowest BCUT2D eigenvalue weighted by Gasteiger charge is -2.22. The molecule has 2 heterocycles. The van der Waals surface area contributed by atoms with Crippen LogP contribution in [0.15, 0.2) is 47.0 Å². The lowest BCUT2D eigenvalue weighted by atomic mass is 10.1. The van der Waals surface area contributed by atoms with Gasteiger partial charge in [0.2, 0.25) is 17.6 Å². The molecule has 3 aromatic rings. The van der Waals surface area contributed by atoms with E-state index in [-0.39, 0.29) is 12.5 Å². The molecule has 1 amide bonds. The molecule has 28 heavy (non-hydrogen) atoms. The van der Waals surface area contributed by atoms with E-state index in [2.05, 4.69) is 17.1 Å². The van der Waals surface area contributed by atoms with Gasteiger partial charge in [-0.25, -0.2) is 8.78 Å². The second-order valence-corrected chi connectivity index (χ2v) is 6.86. The molecule has 4 rings (SSSR count). The molecule has 1 saturated heterocycles. The highest BCUT2D eigenvalue weighted by Gasteiger charge is 2.36. The molecule has 0 aliphatic carbocycles. The number of hydrogen-bond acceptors (Lipinski definition) is 4. The monoisotopic (exact) mass is 383 g/mol. The SMILES string of the molecule is CCc1ccc(-c2noc(C3CCC(=O)N3Cc3cc(F)cc(F)c3)n2)cc1. The molecule has 0 bridgehead atoms. The first kappa shape index (κ1) is 18.3. The zero-order valence-corrected chi connectivity index (χ0v) is 15.4. The Morgan fingerprint density at radius 3 is 2.50 bits per heavy atom. The van der Waals surface area contributed by atoms with E-state index in [0.717, 1.165) is 18.1 Å². The van der Waals surface area contributed by atoms with Gasteiger partial charge in [-0.3, -0.25) is 4.79 Å². The van der Waals surface area contributed by atoms with E-state index in [0.29, 0.717) is 30.1 Å². The highest BCUT2D eigenvalue weighted by molar-refractivity contribution is 5.78. The smallest absolute Gasteiger partial charge is 0.249 e. The van der Waals surface area contributed by atoms with Gasteiger partial charge in [-0.15, -0.1) is 0 Å². The molecular weight excluding hydrogens is 364 g/mol. The number of carbonyl (C=O) groups excluding carboxylic acids is 1. The van der Waals surface area contributed by atoms with Crippen molar-refractivity contribution < 1.29 is 18.1 Å². The van der Waals surface area contributed by atoms with Crippen molar-refractivity contribution in [3.8, 4) is 11.4 Å². The van der Waals surface area contributed by atoms with E-state index in [4.69, 9.17) is 4.52 Å². The molecule has 0 N–H and O–H groups in total. The first-order chi connectivity index (χ1) is 13.5. The fourth-order valence-corrected chi connectivity index (χ4v) is 3.46. The van der Waals surface area contributed by atoms with Crippen LogP contribution in [0.5, 0.6) is 0 Å². The maximum atomic E-state index is 13.5. The molecule has 7 heteroatoms. The third-order valence-electron chi connectivity index (χ3n) is 4.95. The summed E-state index contributed by atoms with van der Waals surface area (Å²) in [6, 6.07) is 10.7. The second-order valence-electron chi connectivity index (χ2n) is 6.86. The Hall–Kier alpha value is -3.09. The number of rotatable bonds is 5. The summed E-state index contributed by atoms with van der Waals surface area (Å²) in [6.45, 7) is 2.17. The van der Waals surface area contributed by atoms with Crippen LogP contribution in [0.1, 0.15) is 42.8 Å². The van der Waals surface area contributed by atoms with Crippen molar-refractivity contribution in [3.05, 3.63) is 71.1 Å². The molecule has 1 aliphatic rings. The van der Waals surface area contributed by atoms with Crippen molar-refractivity contribution in [1.29, 1.82) is 0 Å². The fourth-order valence-electron chi connectivity index (χ4n) is 3.46. The summed E-state index contributed by atoms with van der Waals surface area (Å²) in [6.07, 6.45) is 1.79. The van der Waals surface area contributed by atoms with E-state index in [1.54, 1.807) is 0 Å². The number of likely N-dealkylation sites (tertiary alicyclic amines) is 1. The third-order valence-corrected chi connectivity index (χ3v) is 4.95. The summed E-state index contributed by atoms with van der Waals surface area (Å²) in [7, 11) is 0. The maximum absolute atomic E-state index is 13.5. The van der Waals surface area contributed by atoms with Crippen LogP contribution in [0.3, 0.4) is 0 Å². The van der Waals surface area contributed by atoms with Crippen LogP contribution in [-0.4, -0.2) is 20.9 Å². The highest BCUT2D eigenvalue weighted by Crippen LogP contribution is 2.34. The first-order valence-electron chi connectivity index (χ1n) is 9.21. The Morgan fingerprint density at radius 1 is 1.11 bits per heavy atom. The van der Waals surface area contributed by atoms with Crippen LogP contribution in [0.4, 0.5) is 8.78 Å². The molecule has 0 radical (unpaired) electrons. The van der Waals surface area contributed by atoms with Crippen molar-refractivity contribution >= 4 is 5.91 Å². The Bertz CT molecular complexity index is 981. The van der Waals surface area contributed by atoms with Crippen molar-refractivity contribution in [2.75, 3.05) is 0 Å².